The third kappa shape index (κ3) is 2.44. The molecule has 0 aromatic rings. The van der Waals surface area contributed by atoms with E-state index in [4.69, 9.17) is 5.73 Å². The van der Waals surface area contributed by atoms with Gasteiger partial charge in [-0.15, -0.1) is 0 Å². The second-order valence-corrected chi connectivity index (χ2v) is 5.38. The van der Waals surface area contributed by atoms with Gasteiger partial charge >= 0.3 is 0 Å². The lowest BCUT2D eigenvalue weighted by Crippen LogP contribution is -2.48. The van der Waals surface area contributed by atoms with E-state index in [0.29, 0.717) is 0 Å². The average Bonchev–Trinajstić information content (AvgIpc) is 2.83. The van der Waals surface area contributed by atoms with Crippen LogP contribution in [-0.2, 0) is 0 Å². The van der Waals surface area contributed by atoms with Crippen molar-refractivity contribution >= 4 is 0 Å². The Balaban J connectivity index is 1.61. The molecule has 2 nitrogen and oxygen atoms in total. The van der Waals surface area contributed by atoms with Gasteiger partial charge in [0.05, 0.1) is 0 Å². The Hall–Kier alpha value is -0.0800. The van der Waals surface area contributed by atoms with Gasteiger partial charge in [0.25, 0.3) is 0 Å². The molecule has 0 radical (unpaired) electrons. The summed E-state index contributed by atoms with van der Waals surface area (Å²) in [5.74, 6) is 2.68. The predicted molar refractivity (Wildman–Crippen MR) is 55.5 cm³/mol. The van der Waals surface area contributed by atoms with Crippen molar-refractivity contribution in [3.05, 3.63) is 0 Å². The Morgan fingerprint density at radius 3 is 2.54 bits per heavy atom. The van der Waals surface area contributed by atoms with Gasteiger partial charge in [0.1, 0.15) is 0 Å². The van der Waals surface area contributed by atoms with Gasteiger partial charge in [0, 0.05) is 12.1 Å². The molecule has 0 bridgehead atoms. The number of hydrogen-bond donors (Lipinski definition) is 2. The molecule has 0 aromatic heterocycles. The molecule has 76 valence electrons. The van der Waals surface area contributed by atoms with Gasteiger partial charge in [-0.1, -0.05) is 6.92 Å². The van der Waals surface area contributed by atoms with Crippen LogP contribution in [0.15, 0.2) is 0 Å². The summed E-state index contributed by atoms with van der Waals surface area (Å²) >= 11 is 0. The monoisotopic (exact) mass is 182 g/mol. The van der Waals surface area contributed by atoms with Crippen LogP contribution in [0.1, 0.15) is 33.1 Å². The first-order valence-corrected chi connectivity index (χ1v) is 5.59. The zero-order chi connectivity index (χ0) is 9.47. The van der Waals surface area contributed by atoms with Crippen LogP contribution < -0.4 is 11.1 Å². The molecular weight excluding hydrogens is 160 g/mol. The largest absolute Gasteiger partial charge is 0.324 e. The maximum absolute atomic E-state index is 6.20. The standard InChI is InChI=1S/C11H22N2/c1-8-5-9(8)6-13-7-11(2,12)10-3-4-10/h8-10,13H,3-7,12H2,1-2H3. The maximum atomic E-state index is 6.20. The molecule has 3 unspecified atom stereocenters. The van der Waals surface area contributed by atoms with Crippen molar-refractivity contribution in [3.63, 3.8) is 0 Å². The SMILES string of the molecule is CC1CC1CNCC(C)(N)C1CC1. The van der Waals surface area contributed by atoms with Gasteiger partial charge in [-0.05, 0) is 50.5 Å². The molecule has 2 rings (SSSR count). The fraction of sp³-hybridized carbons (Fsp3) is 1.00. The predicted octanol–water partition coefficient (Wildman–Crippen LogP) is 1.36. The number of nitrogens with one attached hydrogen (secondary N) is 1. The molecule has 2 aliphatic rings. The summed E-state index contributed by atoms with van der Waals surface area (Å²) in [7, 11) is 0. The average molecular weight is 182 g/mol. The molecule has 0 heterocycles. The normalized spacial score (nSPS) is 37.2. The first-order chi connectivity index (χ1) is 6.09. The molecule has 0 spiro atoms. The molecule has 0 amide bonds. The smallest absolute Gasteiger partial charge is 0.0280 e. The van der Waals surface area contributed by atoms with Crippen LogP contribution in [0.2, 0.25) is 0 Å². The van der Waals surface area contributed by atoms with E-state index in [1.54, 1.807) is 0 Å². The Morgan fingerprint density at radius 1 is 1.46 bits per heavy atom. The van der Waals surface area contributed by atoms with E-state index in [-0.39, 0.29) is 5.54 Å². The molecule has 2 heteroatoms. The lowest BCUT2D eigenvalue weighted by atomic mass is 9.97. The van der Waals surface area contributed by atoms with Crippen LogP contribution in [0, 0.1) is 17.8 Å². The van der Waals surface area contributed by atoms with Gasteiger partial charge in [-0.3, -0.25) is 0 Å². The molecule has 0 aromatic carbocycles. The maximum Gasteiger partial charge on any atom is 0.0280 e. The number of hydrogen-bond acceptors (Lipinski definition) is 2. The third-order valence-corrected chi connectivity index (χ3v) is 3.70. The van der Waals surface area contributed by atoms with Crippen LogP contribution in [0.4, 0.5) is 0 Å². The highest BCUT2D eigenvalue weighted by Gasteiger charge is 2.38. The summed E-state index contributed by atoms with van der Waals surface area (Å²) in [4.78, 5) is 0. The third-order valence-electron chi connectivity index (χ3n) is 3.70. The zero-order valence-corrected chi connectivity index (χ0v) is 8.84. The lowest BCUT2D eigenvalue weighted by Gasteiger charge is -2.24. The van der Waals surface area contributed by atoms with Gasteiger partial charge in [0.2, 0.25) is 0 Å². The van der Waals surface area contributed by atoms with Crippen LogP contribution >= 0.6 is 0 Å². The molecule has 3 N–H and O–H groups in total. The van der Waals surface area contributed by atoms with Crippen LogP contribution in [0.3, 0.4) is 0 Å². The van der Waals surface area contributed by atoms with Gasteiger partial charge in [-0.25, -0.2) is 0 Å². The Kier molecular flexibility index (Phi) is 2.37. The van der Waals surface area contributed by atoms with Crippen molar-refractivity contribution in [3.8, 4) is 0 Å². The summed E-state index contributed by atoms with van der Waals surface area (Å²) in [6, 6.07) is 0. The summed E-state index contributed by atoms with van der Waals surface area (Å²) in [6.07, 6.45) is 4.10. The Bertz CT molecular complexity index is 185. The molecule has 2 saturated carbocycles. The molecule has 13 heavy (non-hydrogen) atoms. The van der Waals surface area contributed by atoms with Crippen molar-refractivity contribution in [2.75, 3.05) is 13.1 Å². The Labute approximate surface area is 81.3 Å². The first kappa shape index (κ1) is 9.47. The molecule has 0 aliphatic heterocycles. The van der Waals surface area contributed by atoms with Crippen LogP contribution in [0.25, 0.3) is 0 Å². The van der Waals surface area contributed by atoms with Crippen molar-refractivity contribution in [1.82, 2.24) is 5.32 Å². The van der Waals surface area contributed by atoms with E-state index in [1.807, 2.05) is 0 Å². The quantitative estimate of drug-likeness (QED) is 0.674. The minimum absolute atomic E-state index is 0.0537. The summed E-state index contributed by atoms with van der Waals surface area (Å²) in [6.45, 7) is 6.70. The summed E-state index contributed by atoms with van der Waals surface area (Å²) < 4.78 is 0. The summed E-state index contributed by atoms with van der Waals surface area (Å²) in [5.41, 5.74) is 6.25. The van der Waals surface area contributed by atoms with Gasteiger partial charge < -0.3 is 11.1 Å². The molecule has 2 fully saturated rings. The lowest BCUT2D eigenvalue weighted by molar-refractivity contribution is 0.376. The van der Waals surface area contributed by atoms with Crippen LogP contribution in [-0.4, -0.2) is 18.6 Å². The van der Waals surface area contributed by atoms with Crippen LogP contribution in [0.5, 0.6) is 0 Å². The van der Waals surface area contributed by atoms with E-state index in [9.17, 15) is 0 Å². The zero-order valence-electron chi connectivity index (χ0n) is 8.84. The highest BCUT2D eigenvalue weighted by Crippen LogP contribution is 2.39. The van der Waals surface area contributed by atoms with Gasteiger partial charge in [0.15, 0.2) is 0 Å². The van der Waals surface area contributed by atoms with E-state index < -0.39 is 0 Å². The van der Waals surface area contributed by atoms with E-state index >= 15 is 0 Å². The summed E-state index contributed by atoms with van der Waals surface area (Å²) in [5, 5.41) is 3.51. The first-order valence-electron chi connectivity index (χ1n) is 5.59. The highest BCUT2D eigenvalue weighted by molar-refractivity contribution is 4.97. The van der Waals surface area contributed by atoms with Crippen molar-refractivity contribution in [2.45, 2.75) is 38.6 Å². The second-order valence-electron chi connectivity index (χ2n) is 5.38. The van der Waals surface area contributed by atoms with E-state index in [2.05, 4.69) is 19.2 Å². The Morgan fingerprint density at radius 2 is 2.08 bits per heavy atom. The number of rotatable bonds is 5. The topological polar surface area (TPSA) is 38.0 Å². The van der Waals surface area contributed by atoms with Crippen molar-refractivity contribution in [1.29, 1.82) is 0 Å². The van der Waals surface area contributed by atoms with E-state index in [1.165, 1.54) is 25.8 Å². The van der Waals surface area contributed by atoms with E-state index in [0.717, 1.165) is 24.3 Å². The fourth-order valence-corrected chi connectivity index (χ4v) is 2.10. The molecule has 0 saturated heterocycles. The highest BCUT2D eigenvalue weighted by atomic mass is 15.0. The van der Waals surface area contributed by atoms with Gasteiger partial charge in [-0.2, -0.15) is 0 Å². The fourth-order valence-electron chi connectivity index (χ4n) is 2.10. The van der Waals surface area contributed by atoms with Crippen molar-refractivity contribution in [2.24, 2.45) is 23.5 Å². The molecule has 3 atom stereocenters. The molecular formula is C11H22N2. The molecule has 2 aliphatic carbocycles. The minimum Gasteiger partial charge on any atom is -0.324 e. The second kappa shape index (κ2) is 3.25. The number of nitrogens with two attached hydrogens (primary N) is 1. The minimum atomic E-state index is 0.0537. The van der Waals surface area contributed by atoms with Crippen molar-refractivity contribution < 1.29 is 0 Å².